The van der Waals surface area contributed by atoms with Crippen molar-refractivity contribution in [2.45, 2.75) is 33.1 Å². The van der Waals surface area contributed by atoms with Crippen molar-refractivity contribution in [2.75, 3.05) is 31.8 Å². The van der Waals surface area contributed by atoms with Gasteiger partial charge in [0.15, 0.2) is 0 Å². The molecular formula is C11H25NOS. The van der Waals surface area contributed by atoms with E-state index in [4.69, 9.17) is 10.5 Å². The molecule has 0 rings (SSSR count). The molecule has 0 spiro atoms. The van der Waals surface area contributed by atoms with Gasteiger partial charge in [0.25, 0.3) is 0 Å². The molecule has 0 saturated heterocycles. The minimum atomic E-state index is 0.331. The second-order valence-corrected chi connectivity index (χ2v) is 5.66. The van der Waals surface area contributed by atoms with Crippen molar-refractivity contribution in [2.24, 2.45) is 11.1 Å². The first-order valence-corrected chi connectivity index (χ1v) is 6.54. The van der Waals surface area contributed by atoms with Gasteiger partial charge in [0.1, 0.15) is 0 Å². The Morgan fingerprint density at radius 3 is 2.50 bits per heavy atom. The van der Waals surface area contributed by atoms with E-state index in [9.17, 15) is 0 Å². The van der Waals surface area contributed by atoms with Gasteiger partial charge in [-0.3, -0.25) is 0 Å². The van der Waals surface area contributed by atoms with E-state index in [1.807, 2.05) is 11.8 Å². The molecule has 0 aliphatic carbocycles. The molecule has 0 aliphatic rings. The van der Waals surface area contributed by atoms with Gasteiger partial charge in [-0.25, -0.2) is 0 Å². The average Bonchev–Trinajstić information content (AvgIpc) is 2.16. The Kier molecular flexibility index (Phi) is 8.73. The van der Waals surface area contributed by atoms with Gasteiger partial charge in [-0.2, -0.15) is 11.8 Å². The lowest BCUT2D eigenvalue weighted by Gasteiger charge is -2.21. The topological polar surface area (TPSA) is 35.2 Å². The van der Waals surface area contributed by atoms with Crippen LogP contribution in [0.5, 0.6) is 0 Å². The summed E-state index contributed by atoms with van der Waals surface area (Å²) in [4.78, 5) is 0. The number of nitrogens with two attached hydrogens (primary N) is 1. The number of hydrogen-bond acceptors (Lipinski definition) is 3. The van der Waals surface area contributed by atoms with E-state index in [0.717, 1.165) is 18.9 Å². The fourth-order valence-electron chi connectivity index (χ4n) is 1.15. The molecule has 0 aromatic carbocycles. The van der Waals surface area contributed by atoms with Crippen molar-refractivity contribution >= 4 is 11.8 Å². The molecule has 14 heavy (non-hydrogen) atoms. The minimum Gasteiger partial charge on any atom is -0.384 e. The number of rotatable bonds is 9. The van der Waals surface area contributed by atoms with Crippen molar-refractivity contribution in [1.82, 2.24) is 0 Å². The van der Waals surface area contributed by atoms with Crippen LogP contribution in [0, 0.1) is 5.41 Å². The molecule has 0 aromatic rings. The molecule has 2 N–H and O–H groups in total. The first kappa shape index (κ1) is 14.3. The highest BCUT2D eigenvalue weighted by atomic mass is 32.2. The van der Waals surface area contributed by atoms with Crippen LogP contribution in [0.3, 0.4) is 0 Å². The van der Waals surface area contributed by atoms with Crippen LogP contribution in [0.15, 0.2) is 0 Å². The van der Waals surface area contributed by atoms with Gasteiger partial charge in [0.05, 0.1) is 6.61 Å². The molecule has 0 aliphatic heterocycles. The van der Waals surface area contributed by atoms with Crippen molar-refractivity contribution in [3.05, 3.63) is 0 Å². The summed E-state index contributed by atoms with van der Waals surface area (Å²) in [6.45, 7) is 6.15. The number of thioether (sulfide) groups is 1. The molecule has 0 unspecified atom stereocenters. The summed E-state index contributed by atoms with van der Waals surface area (Å²) in [6.07, 6.45) is 3.84. The standard InChI is InChI=1S/C11H25NOS/c1-11(2,10-12)6-4-5-8-14-9-7-13-3/h4-10,12H2,1-3H3. The van der Waals surface area contributed by atoms with E-state index in [2.05, 4.69) is 13.8 Å². The first-order chi connectivity index (χ1) is 6.62. The Morgan fingerprint density at radius 2 is 1.93 bits per heavy atom. The molecule has 0 bridgehead atoms. The maximum Gasteiger partial charge on any atom is 0.0552 e. The Balaban J connectivity index is 3.13. The van der Waals surface area contributed by atoms with Crippen molar-refractivity contribution < 1.29 is 4.74 Å². The van der Waals surface area contributed by atoms with E-state index in [0.29, 0.717) is 5.41 Å². The fourth-order valence-corrected chi connectivity index (χ4v) is 2.05. The summed E-state index contributed by atoms with van der Waals surface area (Å²) in [5, 5.41) is 0. The molecule has 0 radical (unpaired) electrons. The lowest BCUT2D eigenvalue weighted by atomic mass is 9.88. The van der Waals surface area contributed by atoms with Gasteiger partial charge < -0.3 is 10.5 Å². The number of methoxy groups -OCH3 is 1. The van der Waals surface area contributed by atoms with E-state index in [1.54, 1.807) is 7.11 Å². The van der Waals surface area contributed by atoms with E-state index < -0.39 is 0 Å². The van der Waals surface area contributed by atoms with Crippen LogP contribution in [-0.4, -0.2) is 31.8 Å². The van der Waals surface area contributed by atoms with E-state index >= 15 is 0 Å². The highest BCUT2D eigenvalue weighted by Gasteiger charge is 2.13. The predicted molar refractivity (Wildman–Crippen MR) is 65.9 cm³/mol. The third-order valence-electron chi connectivity index (χ3n) is 2.38. The van der Waals surface area contributed by atoms with Crippen molar-refractivity contribution in [1.29, 1.82) is 0 Å². The van der Waals surface area contributed by atoms with E-state index in [-0.39, 0.29) is 0 Å². The van der Waals surface area contributed by atoms with Crippen molar-refractivity contribution in [3.63, 3.8) is 0 Å². The van der Waals surface area contributed by atoms with Gasteiger partial charge in [-0.15, -0.1) is 0 Å². The third kappa shape index (κ3) is 8.85. The first-order valence-electron chi connectivity index (χ1n) is 5.39. The Morgan fingerprint density at radius 1 is 1.21 bits per heavy atom. The summed E-state index contributed by atoms with van der Waals surface area (Å²) < 4.78 is 4.98. The van der Waals surface area contributed by atoms with Crippen LogP contribution < -0.4 is 5.73 Å². The molecule has 0 aromatic heterocycles. The van der Waals surface area contributed by atoms with Crippen molar-refractivity contribution in [3.8, 4) is 0 Å². The average molecular weight is 219 g/mol. The molecule has 0 saturated carbocycles. The zero-order valence-corrected chi connectivity index (χ0v) is 10.7. The second kappa shape index (κ2) is 8.57. The smallest absolute Gasteiger partial charge is 0.0552 e. The van der Waals surface area contributed by atoms with Crippen LogP contribution in [0.4, 0.5) is 0 Å². The fraction of sp³-hybridized carbons (Fsp3) is 1.00. The second-order valence-electron chi connectivity index (χ2n) is 4.43. The minimum absolute atomic E-state index is 0.331. The summed E-state index contributed by atoms with van der Waals surface area (Å²) in [5.41, 5.74) is 6.00. The van der Waals surface area contributed by atoms with Gasteiger partial charge in [-0.1, -0.05) is 20.3 Å². The predicted octanol–water partition coefficient (Wildman–Crippen LogP) is 2.52. The number of ether oxygens (including phenoxy) is 1. The van der Waals surface area contributed by atoms with Gasteiger partial charge in [-0.05, 0) is 30.6 Å². The zero-order chi connectivity index (χ0) is 10.9. The summed E-state index contributed by atoms with van der Waals surface area (Å²) in [6, 6.07) is 0. The maximum absolute atomic E-state index is 5.67. The van der Waals surface area contributed by atoms with Crippen LogP contribution in [0.25, 0.3) is 0 Å². The van der Waals surface area contributed by atoms with Gasteiger partial charge in [0.2, 0.25) is 0 Å². The van der Waals surface area contributed by atoms with Crippen LogP contribution in [0.1, 0.15) is 33.1 Å². The molecule has 0 fully saturated rings. The third-order valence-corrected chi connectivity index (χ3v) is 3.41. The van der Waals surface area contributed by atoms with Gasteiger partial charge in [0, 0.05) is 12.9 Å². The Hall–Kier alpha value is 0.270. The SMILES string of the molecule is COCCSCCCCC(C)(C)CN. The Labute approximate surface area is 93.0 Å². The quantitative estimate of drug-likeness (QED) is 0.605. The molecule has 3 heteroatoms. The van der Waals surface area contributed by atoms with Crippen LogP contribution in [0.2, 0.25) is 0 Å². The highest BCUT2D eigenvalue weighted by Crippen LogP contribution is 2.21. The molecule has 0 amide bonds. The lowest BCUT2D eigenvalue weighted by molar-refractivity contribution is 0.218. The number of unbranched alkanes of at least 4 members (excludes halogenated alkanes) is 1. The van der Waals surface area contributed by atoms with Crippen LogP contribution in [-0.2, 0) is 4.74 Å². The molecular weight excluding hydrogens is 194 g/mol. The largest absolute Gasteiger partial charge is 0.384 e. The summed E-state index contributed by atoms with van der Waals surface area (Å²) >= 11 is 1.98. The summed E-state index contributed by atoms with van der Waals surface area (Å²) in [5.74, 6) is 2.38. The zero-order valence-electron chi connectivity index (χ0n) is 9.84. The molecule has 2 nitrogen and oxygen atoms in total. The highest BCUT2D eigenvalue weighted by molar-refractivity contribution is 7.99. The maximum atomic E-state index is 5.67. The lowest BCUT2D eigenvalue weighted by Crippen LogP contribution is -2.23. The van der Waals surface area contributed by atoms with Gasteiger partial charge >= 0.3 is 0 Å². The normalized spacial score (nSPS) is 12.0. The van der Waals surface area contributed by atoms with Crippen LogP contribution >= 0.6 is 11.8 Å². The Bertz CT molecular complexity index is 128. The molecule has 0 heterocycles. The summed E-state index contributed by atoms with van der Waals surface area (Å²) in [7, 11) is 1.75. The number of hydrogen-bond donors (Lipinski definition) is 1. The molecule has 0 atom stereocenters. The van der Waals surface area contributed by atoms with E-state index in [1.165, 1.54) is 25.0 Å². The molecule has 86 valence electrons. The monoisotopic (exact) mass is 219 g/mol.